The van der Waals surface area contributed by atoms with Crippen molar-refractivity contribution in [2.24, 2.45) is 0 Å². The topological polar surface area (TPSA) is 77.5 Å². The molecule has 0 bridgehead atoms. The summed E-state index contributed by atoms with van der Waals surface area (Å²) < 4.78 is 10.8. The molecule has 0 spiro atoms. The lowest BCUT2D eigenvalue weighted by atomic mass is 9.94. The molecule has 1 aromatic heterocycles. The van der Waals surface area contributed by atoms with Crippen molar-refractivity contribution in [3.63, 3.8) is 0 Å². The Bertz CT molecular complexity index is 488. The fraction of sp³-hybridized carbons (Fsp3) is 0.615. The smallest absolute Gasteiger partial charge is 0.358 e. The summed E-state index contributed by atoms with van der Waals surface area (Å²) in [5.74, 6) is -0.683. The van der Waals surface area contributed by atoms with E-state index in [9.17, 15) is 9.59 Å². The lowest BCUT2D eigenvalue weighted by Gasteiger charge is -2.29. The predicted octanol–water partition coefficient (Wildman–Crippen LogP) is 2.22. The fourth-order valence-electron chi connectivity index (χ4n) is 2.24. The summed E-state index contributed by atoms with van der Waals surface area (Å²) in [6.07, 6.45) is 3.59. The number of carbonyl (C=O) groups is 2. The van der Waals surface area contributed by atoms with Gasteiger partial charge < -0.3 is 14.8 Å². The number of thiazole rings is 1. The minimum atomic E-state index is -0.466. The van der Waals surface area contributed by atoms with Crippen LogP contribution in [-0.4, -0.2) is 36.2 Å². The molecule has 20 heavy (non-hydrogen) atoms. The van der Waals surface area contributed by atoms with Gasteiger partial charge in [-0.05, 0) is 19.3 Å². The Morgan fingerprint density at radius 1 is 1.35 bits per heavy atom. The highest BCUT2D eigenvalue weighted by Gasteiger charge is 2.29. The zero-order chi connectivity index (χ0) is 14.5. The molecule has 0 aliphatic heterocycles. The Labute approximate surface area is 121 Å². The highest BCUT2D eigenvalue weighted by molar-refractivity contribution is 7.14. The predicted molar refractivity (Wildman–Crippen MR) is 74.9 cm³/mol. The van der Waals surface area contributed by atoms with E-state index < -0.39 is 5.97 Å². The number of anilines is 1. The lowest BCUT2D eigenvalue weighted by molar-refractivity contribution is -0.114. The number of ether oxygens (including phenoxy) is 2. The van der Waals surface area contributed by atoms with Gasteiger partial charge in [-0.3, -0.25) is 4.79 Å². The molecule has 2 rings (SSSR count). The molecule has 0 aromatic carbocycles. The first kappa shape index (κ1) is 14.9. The summed E-state index contributed by atoms with van der Waals surface area (Å²) in [6.45, 7) is 1.39. The van der Waals surface area contributed by atoms with Crippen molar-refractivity contribution in [3.05, 3.63) is 11.1 Å². The van der Waals surface area contributed by atoms with Crippen molar-refractivity contribution in [3.8, 4) is 0 Å². The molecule has 1 aliphatic carbocycles. The molecular formula is C13H18N2O4S. The minimum absolute atomic E-state index is 0.0406. The number of hydrogen-bond acceptors (Lipinski definition) is 6. The third-order valence-corrected chi connectivity index (χ3v) is 3.96. The van der Waals surface area contributed by atoms with Crippen molar-refractivity contribution in [1.29, 1.82) is 0 Å². The number of amides is 1. The van der Waals surface area contributed by atoms with Gasteiger partial charge in [0.25, 0.3) is 0 Å². The molecule has 0 unspecified atom stereocenters. The van der Waals surface area contributed by atoms with Gasteiger partial charge in [-0.2, -0.15) is 0 Å². The molecule has 1 aliphatic rings. The maximum absolute atomic E-state index is 12.0. The molecule has 7 heteroatoms. The Balaban J connectivity index is 1.96. The second-order valence-corrected chi connectivity index (χ2v) is 5.58. The fourth-order valence-corrected chi connectivity index (χ4v) is 2.97. The number of nitrogens with one attached hydrogen (secondary N) is 1. The molecule has 1 N–H and O–H groups in total. The molecule has 1 heterocycles. The van der Waals surface area contributed by atoms with Crippen LogP contribution in [0.1, 0.15) is 43.1 Å². The van der Waals surface area contributed by atoms with Crippen LogP contribution in [0.5, 0.6) is 0 Å². The van der Waals surface area contributed by atoms with Crippen LogP contribution >= 0.6 is 11.3 Å². The monoisotopic (exact) mass is 298 g/mol. The van der Waals surface area contributed by atoms with Crippen LogP contribution in [0.15, 0.2) is 5.38 Å². The Kier molecular flexibility index (Phi) is 5.08. The van der Waals surface area contributed by atoms with Crippen LogP contribution in [-0.2, 0) is 14.3 Å². The number of carbonyl (C=O) groups excluding carboxylic acids is 2. The standard InChI is InChI=1S/C13H18N2O4S/c1-8(16)14-13-15-9(7-20-13)12(17)19-11-6-4-3-5-10(11)18-2/h7,10-11H,3-6H2,1-2H3,(H,14,15,16)/t10-,11-/m0/s1. The third kappa shape index (κ3) is 3.77. The van der Waals surface area contributed by atoms with Crippen LogP contribution in [0.25, 0.3) is 0 Å². The van der Waals surface area contributed by atoms with E-state index in [-0.39, 0.29) is 23.8 Å². The van der Waals surface area contributed by atoms with Crippen molar-refractivity contribution in [1.82, 2.24) is 4.98 Å². The average Bonchev–Trinajstić information content (AvgIpc) is 2.87. The van der Waals surface area contributed by atoms with Crippen LogP contribution in [0.4, 0.5) is 5.13 Å². The van der Waals surface area contributed by atoms with Gasteiger partial charge >= 0.3 is 5.97 Å². The SMILES string of the molecule is CO[C@H]1CCCC[C@@H]1OC(=O)c1csc(NC(C)=O)n1. The van der Waals surface area contributed by atoms with E-state index >= 15 is 0 Å². The summed E-state index contributed by atoms with van der Waals surface area (Å²) in [4.78, 5) is 27.0. The Morgan fingerprint density at radius 2 is 2.05 bits per heavy atom. The lowest BCUT2D eigenvalue weighted by Crippen LogP contribution is -2.35. The Morgan fingerprint density at radius 3 is 2.70 bits per heavy atom. The molecule has 0 radical (unpaired) electrons. The van der Waals surface area contributed by atoms with Gasteiger partial charge in [0.05, 0.1) is 6.10 Å². The van der Waals surface area contributed by atoms with Crippen LogP contribution < -0.4 is 5.32 Å². The van der Waals surface area contributed by atoms with E-state index in [1.165, 1.54) is 18.3 Å². The summed E-state index contributed by atoms with van der Waals surface area (Å²) >= 11 is 1.20. The molecule has 0 saturated heterocycles. The number of methoxy groups -OCH3 is 1. The van der Waals surface area contributed by atoms with Gasteiger partial charge in [-0.1, -0.05) is 6.42 Å². The quantitative estimate of drug-likeness (QED) is 0.862. The first-order chi connectivity index (χ1) is 9.60. The van der Waals surface area contributed by atoms with Crippen LogP contribution in [0.3, 0.4) is 0 Å². The maximum atomic E-state index is 12.0. The highest BCUT2D eigenvalue weighted by Crippen LogP contribution is 2.25. The largest absolute Gasteiger partial charge is 0.455 e. The van der Waals surface area contributed by atoms with E-state index in [1.54, 1.807) is 12.5 Å². The summed E-state index contributed by atoms with van der Waals surface area (Å²) in [7, 11) is 1.63. The van der Waals surface area contributed by atoms with E-state index in [0.717, 1.165) is 25.7 Å². The second-order valence-electron chi connectivity index (χ2n) is 4.72. The van der Waals surface area contributed by atoms with Crippen LogP contribution in [0, 0.1) is 0 Å². The second kappa shape index (κ2) is 6.81. The summed E-state index contributed by atoms with van der Waals surface area (Å²) in [5.41, 5.74) is 0.221. The molecule has 6 nitrogen and oxygen atoms in total. The third-order valence-electron chi connectivity index (χ3n) is 3.20. The normalized spacial score (nSPS) is 22.3. The van der Waals surface area contributed by atoms with Gasteiger partial charge in [0.2, 0.25) is 5.91 Å². The van der Waals surface area contributed by atoms with Gasteiger partial charge in [0.15, 0.2) is 10.8 Å². The zero-order valence-corrected chi connectivity index (χ0v) is 12.4. The van der Waals surface area contributed by atoms with Crippen molar-refractivity contribution in [2.75, 3.05) is 12.4 Å². The average molecular weight is 298 g/mol. The minimum Gasteiger partial charge on any atom is -0.455 e. The van der Waals surface area contributed by atoms with Gasteiger partial charge in [-0.15, -0.1) is 11.3 Å². The van der Waals surface area contributed by atoms with Gasteiger partial charge in [0, 0.05) is 19.4 Å². The van der Waals surface area contributed by atoms with Crippen molar-refractivity contribution >= 4 is 28.3 Å². The molecular weight excluding hydrogens is 280 g/mol. The molecule has 1 saturated carbocycles. The van der Waals surface area contributed by atoms with E-state index in [1.807, 2.05) is 0 Å². The van der Waals surface area contributed by atoms with E-state index in [2.05, 4.69) is 10.3 Å². The van der Waals surface area contributed by atoms with Crippen molar-refractivity contribution < 1.29 is 19.1 Å². The van der Waals surface area contributed by atoms with E-state index in [0.29, 0.717) is 5.13 Å². The first-order valence-corrected chi connectivity index (χ1v) is 7.45. The first-order valence-electron chi connectivity index (χ1n) is 6.57. The molecule has 1 fully saturated rings. The zero-order valence-electron chi connectivity index (χ0n) is 11.5. The molecule has 1 aromatic rings. The van der Waals surface area contributed by atoms with Crippen LogP contribution in [0.2, 0.25) is 0 Å². The highest BCUT2D eigenvalue weighted by atomic mass is 32.1. The van der Waals surface area contributed by atoms with Gasteiger partial charge in [-0.25, -0.2) is 9.78 Å². The number of aromatic nitrogens is 1. The molecule has 110 valence electrons. The molecule has 1 amide bonds. The molecule has 2 atom stereocenters. The number of hydrogen-bond donors (Lipinski definition) is 1. The number of esters is 1. The van der Waals surface area contributed by atoms with Crippen molar-refractivity contribution in [2.45, 2.75) is 44.8 Å². The van der Waals surface area contributed by atoms with E-state index in [4.69, 9.17) is 9.47 Å². The maximum Gasteiger partial charge on any atom is 0.358 e. The summed E-state index contributed by atoms with van der Waals surface area (Å²) in [5, 5.41) is 4.52. The number of nitrogens with zero attached hydrogens (tertiary/aromatic N) is 1. The summed E-state index contributed by atoms with van der Waals surface area (Å²) in [6, 6.07) is 0. The van der Waals surface area contributed by atoms with Gasteiger partial charge in [0.1, 0.15) is 6.10 Å². The Hall–Kier alpha value is -1.47. The number of rotatable bonds is 4.